The summed E-state index contributed by atoms with van der Waals surface area (Å²) in [6.07, 6.45) is -5.57. The van der Waals surface area contributed by atoms with Crippen molar-refractivity contribution in [2.45, 2.75) is 25.9 Å². The van der Waals surface area contributed by atoms with Crippen molar-refractivity contribution in [3.8, 4) is 0 Å². The molecule has 16 heavy (non-hydrogen) atoms. The first kappa shape index (κ1) is 12.9. The van der Waals surface area contributed by atoms with Crippen molar-refractivity contribution >= 4 is 0 Å². The van der Waals surface area contributed by atoms with E-state index in [1.807, 2.05) is 0 Å². The van der Waals surface area contributed by atoms with E-state index in [0.717, 1.165) is 6.07 Å². The quantitative estimate of drug-likeness (QED) is 0.672. The molecule has 0 spiro atoms. The van der Waals surface area contributed by atoms with Gasteiger partial charge in [-0.3, -0.25) is 0 Å². The molecule has 0 saturated carbocycles. The molecule has 0 aliphatic heterocycles. The van der Waals surface area contributed by atoms with E-state index in [0.29, 0.717) is 5.92 Å². The molecule has 1 aromatic carbocycles. The summed E-state index contributed by atoms with van der Waals surface area (Å²) in [6, 6.07) is 4.65. The summed E-state index contributed by atoms with van der Waals surface area (Å²) in [5, 5.41) is 0. The number of alkyl halides is 5. The summed E-state index contributed by atoms with van der Waals surface area (Å²) in [6.45, 7) is 2.98. The van der Waals surface area contributed by atoms with Crippen LogP contribution < -0.4 is 0 Å². The molecule has 5 heteroatoms. The third-order valence-electron chi connectivity index (χ3n) is 2.16. The van der Waals surface area contributed by atoms with Gasteiger partial charge in [0.2, 0.25) is 0 Å². The first-order valence-electron chi connectivity index (χ1n) is 4.52. The van der Waals surface area contributed by atoms with Gasteiger partial charge in [0.05, 0.1) is 0 Å². The minimum atomic E-state index is -5.57. The summed E-state index contributed by atoms with van der Waals surface area (Å²) < 4.78 is 62.9. The van der Waals surface area contributed by atoms with Crippen molar-refractivity contribution in [1.82, 2.24) is 0 Å². The number of hydrogen-bond donors (Lipinski definition) is 0. The number of rotatable bonds is 2. The van der Waals surface area contributed by atoms with Gasteiger partial charge in [0.15, 0.2) is 0 Å². The van der Waals surface area contributed by atoms with Crippen LogP contribution in [0.5, 0.6) is 0 Å². The maximum Gasteiger partial charge on any atom is 0.458 e. The molecular formula is C11H10F5. The van der Waals surface area contributed by atoms with Gasteiger partial charge in [0, 0.05) is 5.56 Å². The molecule has 0 aliphatic rings. The molecule has 0 nitrogen and oxygen atoms in total. The van der Waals surface area contributed by atoms with Gasteiger partial charge in [-0.15, -0.1) is 0 Å². The summed E-state index contributed by atoms with van der Waals surface area (Å²) in [5.74, 6) is -4.40. The van der Waals surface area contributed by atoms with Gasteiger partial charge in [-0.1, -0.05) is 38.1 Å². The highest BCUT2D eigenvalue weighted by Crippen LogP contribution is 2.45. The predicted octanol–water partition coefficient (Wildman–Crippen LogP) is 4.30. The fourth-order valence-corrected chi connectivity index (χ4v) is 1.35. The van der Waals surface area contributed by atoms with E-state index in [9.17, 15) is 22.0 Å². The van der Waals surface area contributed by atoms with E-state index in [4.69, 9.17) is 0 Å². The zero-order valence-corrected chi connectivity index (χ0v) is 8.70. The van der Waals surface area contributed by atoms with Crippen LogP contribution in [0.2, 0.25) is 0 Å². The maximum atomic E-state index is 13.1. The summed E-state index contributed by atoms with van der Waals surface area (Å²) in [4.78, 5) is 0. The second-order valence-electron chi connectivity index (χ2n) is 3.62. The second kappa shape index (κ2) is 4.03. The Labute approximate surface area is 90.1 Å². The third kappa shape index (κ3) is 2.18. The zero-order valence-electron chi connectivity index (χ0n) is 8.70. The number of halogens is 5. The summed E-state index contributed by atoms with van der Waals surface area (Å²) >= 11 is 0. The van der Waals surface area contributed by atoms with Crippen LogP contribution in [0, 0.1) is 5.92 Å². The average molecular weight is 237 g/mol. The van der Waals surface area contributed by atoms with E-state index in [1.165, 1.54) is 32.0 Å². The molecule has 1 radical (unpaired) electrons. The van der Waals surface area contributed by atoms with Crippen molar-refractivity contribution in [1.29, 1.82) is 0 Å². The van der Waals surface area contributed by atoms with Gasteiger partial charge in [0.25, 0.3) is 0 Å². The second-order valence-corrected chi connectivity index (χ2v) is 3.62. The average Bonchev–Trinajstić information content (AvgIpc) is 2.16. The van der Waals surface area contributed by atoms with Crippen molar-refractivity contribution < 1.29 is 22.0 Å². The minimum absolute atomic E-state index is 0.0650. The van der Waals surface area contributed by atoms with Crippen LogP contribution in [0.4, 0.5) is 22.0 Å². The summed E-state index contributed by atoms with van der Waals surface area (Å²) in [7, 11) is 0. The lowest BCUT2D eigenvalue weighted by atomic mass is 9.93. The molecule has 0 amide bonds. The molecule has 0 N–H and O–H groups in total. The van der Waals surface area contributed by atoms with Gasteiger partial charge in [0.1, 0.15) is 0 Å². The molecule has 0 bridgehead atoms. The van der Waals surface area contributed by atoms with Gasteiger partial charge in [-0.25, -0.2) is 0 Å². The van der Waals surface area contributed by atoms with E-state index >= 15 is 0 Å². The fourth-order valence-electron chi connectivity index (χ4n) is 1.35. The van der Waals surface area contributed by atoms with Crippen LogP contribution in [0.3, 0.4) is 0 Å². The van der Waals surface area contributed by atoms with Crippen molar-refractivity contribution in [2.75, 3.05) is 0 Å². The van der Waals surface area contributed by atoms with Crippen LogP contribution in [0.1, 0.15) is 25.0 Å². The SMILES string of the molecule is C[C](C)c1ccccc1C(F)(F)C(F)(F)F. The van der Waals surface area contributed by atoms with Crippen LogP contribution in [-0.2, 0) is 5.92 Å². The highest BCUT2D eigenvalue weighted by Gasteiger charge is 2.59. The standard InChI is InChI=1S/C11H10F5/c1-7(2)8-5-3-4-6-9(8)10(12,13)11(14,15)16/h3-6H,1-2H3. The Morgan fingerprint density at radius 1 is 0.938 bits per heavy atom. The number of benzene rings is 1. The fraction of sp³-hybridized carbons (Fsp3) is 0.364. The molecule has 0 unspecified atom stereocenters. The molecule has 0 saturated heterocycles. The van der Waals surface area contributed by atoms with E-state index in [-0.39, 0.29) is 5.56 Å². The van der Waals surface area contributed by atoms with Gasteiger partial charge >= 0.3 is 12.1 Å². The Morgan fingerprint density at radius 2 is 1.44 bits per heavy atom. The molecule has 89 valence electrons. The first-order chi connectivity index (χ1) is 7.18. The largest absolute Gasteiger partial charge is 0.458 e. The van der Waals surface area contributed by atoms with E-state index < -0.39 is 17.7 Å². The van der Waals surface area contributed by atoms with E-state index in [1.54, 1.807) is 0 Å². The molecule has 1 rings (SSSR count). The van der Waals surface area contributed by atoms with Crippen LogP contribution in [-0.4, -0.2) is 6.18 Å². The molecular weight excluding hydrogens is 227 g/mol. The lowest BCUT2D eigenvalue weighted by Gasteiger charge is -2.23. The Balaban J connectivity index is 3.33. The van der Waals surface area contributed by atoms with Gasteiger partial charge in [-0.05, 0) is 11.5 Å². The zero-order chi connectivity index (χ0) is 12.6. The lowest BCUT2D eigenvalue weighted by molar-refractivity contribution is -0.289. The van der Waals surface area contributed by atoms with Crippen LogP contribution in [0.25, 0.3) is 0 Å². The Kier molecular flexibility index (Phi) is 3.26. The molecule has 0 atom stereocenters. The Hall–Kier alpha value is -1.13. The monoisotopic (exact) mass is 237 g/mol. The predicted molar refractivity (Wildman–Crippen MR) is 50.1 cm³/mol. The smallest absolute Gasteiger partial charge is 0.191 e. The Bertz CT molecular complexity index is 365. The minimum Gasteiger partial charge on any atom is -0.191 e. The van der Waals surface area contributed by atoms with Crippen molar-refractivity contribution in [2.24, 2.45) is 0 Å². The Morgan fingerprint density at radius 3 is 1.88 bits per heavy atom. The first-order valence-corrected chi connectivity index (χ1v) is 4.52. The molecule has 0 heterocycles. The number of hydrogen-bond acceptors (Lipinski definition) is 0. The van der Waals surface area contributed by atoms with Crippen LogP contribution in [0.15, 0.2) is 24.3 Å². The van der Waals surface area contributed by atoms with Crippen molar-refractivity contribution in [3.63, 3.8) is 0 Å². The van der Waals surface area contributed by atoms with E-state index in [2.05, 4.69) is 0 Å². The molecule has 1 aromatic rings. The van der Waals surface area contributed by atoms with Crippen LogP contribution >= 0.6 is 0 Å². The third-order valence-corrected chi connectivity index (χ3v) is 2.16. The topological polar surface area (TPSA) is 0 Å². The highest BCUT2D eigenvalue weighted by molar-refractivity contribution is 5.40. The summed E-state index contributed by atoms with van der Waals surface area (Å²) in [5.41, 5.74) is -1.06. The lowest BCUT2D eigenvalue weighted by Crippen LogP contribution is -2.34. The molecule has 0 aromatic heterocycles. The van der Waals surface area contributed by atoms with Gasteiger partial charge in [-0.2, -0.15) is 22.0 Å². The maximum absolute atomic E-state index is 13.1. The normalized spacial score (nSPS) is 13.2. The highest BCUT2D eigenvalue weighted by atomic mass is 19.4. The van der Waals surface area contributed by atoms with Gasteiger partial charge < -0.3 is 0 Å². The molecule has 0 aliphatic carbocycles. The molecule has 0 fully saturated rings. The van der Waals surface area contributed by atoms with Crippen molar-refractivity contribution in [3.05, 3.63) is 41.3 Å².